The summed E-state index contributed by atoms with van der Waals surface area (Å²) in [6.45, 7) is 0. The second-order valence-electron chi connectivity index (χ2n) is 0.346. The van der Waals surface area contributed by atoms with Gasteiger partial charge >= 0.3 is 26.2 Å². The Bertz CT molecular complexity index is 16.4. The van der Waals surface area contributed by atoms with Crippen molar-refractivity contribution < 1.29 is 40.8 Å². The van der Waals surface area contributed by atoms with E-state index in [9.17, 15) is 0 Å². The topological polar surface area (TPSA) is 92.2 Å². The van der Waals surface area contributed by atoms with Gasteiger partial charge in [0.1, 0.15) is 0 Å². The van der Waals surface area contributed by atoms with Gasteiger partial charge in [0.05, 0.1) is 0 Å². The zero-order valence-electron chi connectivity index (χ0n) is 4.42. The van der Waals surface area contributed by atoms with E-state index < -0.39 is 7.32 Å². The van der Waals surface area contributed by atoms with Crippen LogP contribution in [0.3, 0.4) is 0 Å². The maximum absolute atomic E-state index is 7.17. The molecule has 0 aliphatic rings. The monoisotopic (exact) mass is 88.1 g/mol. The van der Waals surface area contributed by atoms with Crippen LogP contribution in [0.15, 0.2) is 0 Å². The minimum atomic E-state index is -2.17. The summed E-state index contributed by atoms with van der Waals surface area (Å²) in [5.41, 5.74) is 0. The summed E-state index contributed by atoms with van der Waals surface area (Å²) in [5, 5.41) is 21.5. The fourth-order valence-electron chi connectivity index (χ4n) is 0. The normalized spacial score (nSPS) is 4.50. The summed E-state index contributed by atoms with van der Waals surface area (Å²) >= 11 is 0. The van der Waals surface area contributed by atoms with Crippen molar-refractivity contribution in [3.63, 3.8) is 0 Å². The van der Waals surface area contributed by atoms with Crippen molar-refractivity contribution >= 4 is 7.32 Å². The second-order valence-corrected chi connectivity index (χ2v) is 0.346. The van der Waals surface area contributed by atoms with E-state index in [1.165, 1.54) is 0 Å². The molecule has 6 heavy (non-hydrogen) atoms. The molecule has 0 saturated heterocycles. The molecule has 0 rings (SSSR count). The summed E-state index contributed by atoms with van der Waals surface area (Å²) in [7, 11) is -2.17. The molecule has 0 radical (unpaired) electrons. The fourth-order valence-corrected chi connectivity index (χ4v) is 0. The van der Waals surface area contributed by atoms with Gasteiger partial charge in [-0.3, -0.25) is 0 Å². The minimum Gasteiger partial charge on any atom is -1.00 e. The number of hydrogen-bond acceptors (Lipinski definition) is 3. The van der Waals surface area contributed by atoms with E-state index in [0.29, 0.717) is 0 Å². The Balaban J connectivity index is -0.0000000150. The van der Waals surface area contributed by atoms with Crippen LogP contribution in [0.1, 0.15) is 1.43 Å². The predicted molar refractivity (Wildman–Crippen MR) is 17.1 cm³/mol. The van der Waals surface area contributed by atoms with Crippen molar-refractivity contribution in [2.45, 2.75) is 0 Å². The first-order chi connectivity index (χ1) is 1.73. The van der Waals surface area contributed by atoms with Gasteiger partial charge in [0, 0.05) is 0 Å². The van der Waals surface area contributed by atoms with E-state index in [1.807, 2.05) is 0 Å². The van der Waals surface area contributed by atoms with Crippen molar-refractivity contribution in [1.29, 1.82) is 0 Å². The molecule has 0 aromatic carbocycles. The molecule has 0 aromatic heterocycles. The number of rotatable bonds is 0. The Kier molecular flexibility index (Phi) is 24.3. The molecule has 0 atom stereocenters. The summed E-state index contributed by atoms with van der Waals surface area (Å²) in [5.74, 6) is 0. The average molecular weight is 87.8 g/mol. The third kappa shape index (κ3) is 219. The van der Waals surface area contributed by atoms with Crippen molar-refractivity contribution in [1.82, 2.24) is 0 Å². The van der Waals surface area contributed by atoms with Crippen LogP contribution < -0.4 is 18.9 Å². The fraction of sp³-hybridized carbons (Fsp3) is 0. The van der Waals surface area contributed by atoms with E-state index >= 15 is 0 Å². The van der Waals surface area contributed by atoms with Gasteiger partial charge in [-0.2, -0.15) is 0 Å². The molecular weight excluding hydrogens is 81.7 g/mol. The SMILES string of the molecule is O.OB(O)O.[H-].[Li+]. The molecule has 0 aliphatic carbocycles. The molecule has 6 heteroatoms. The predicted octanol–water partition coefficient (Wildman–Crippen LogP) is -5.76. The van der Waals surface area contributed by atoms with Crippen LogP contribution in [0.4, 0.5) is 0 Å². The second kappa shape index (κ2) is 9.09. The molecule has 0 aromatic rings. The Morgan fingerprint density at radius 1 is 1.17 bits per heavy atom. The third-order valence-electron chi connectivity index (χ3n) is 0. The quantitative estimate of drug-likeness (QED) is 0.257. The number of hydrogen-bond donors (Lipinski definition) is 3. The van der Waals surface area contributed by atoms with Gasteiger partial charge in [0.25, 0.3) is 0 Å². The van der Waals surface area contributed by atoms with Crippen LogP contribution in [0.5, 0.6) is 0 Å². The van der Waals surface area contributed by atoms with Gasteiger partial charge in [-0.05, 0) is 0 Å². The molecule has 0 aliphatic heterocycles. The van der Waals surface area contributed by atoms with Gasteiger partial charge in [0.2, 0.25) is 0 Å². The van der Waals surface area contributed by atoms with E-state index in [-0.39, 0.29) is 25.8 Å². The van der Waals surface area contributed by atoms with Crippen LogP contribution in [0.2, 0.25) is 0 Å². The molecular formula is H6BLiO4. The van der Waals surface area contributed by atoms with Crippen LogP contribution >= 0.6 is 0 Å². The maximum atomic E-state index is 7.17. The van der Waals surface area contributed by atoms with Gasteiger partial charge < -0.3 is 22.0 Å². The first-order valence-electron chi connectivity index (χ1n) is 0.775. The molecule has 0 heterocycles. The first-order valence-corrected chi connectivity index (χ1v) is 0.775. The molecule has 34 valence electrons. The molecule has 0 fully saturated rings. The van der Waals surface area contributed by atoms with Crippen molar-refractivity contribution in [2.24, 2.45) is 0 Å². The molecule has 4 nitrogen and oxygen atoms in total. The van der Waals surface area contributed by atoms with E-state index in [2.05, 4.69) is 0 Å². The van der Waals surface area contributed by atoms with Gasteiger partial charge in [-0.1, -0.05) is 0 Å². The largest absolute Gasteiger partial charge is 1.00 e. The van der Waals surface area contributed by atoms with Gasteiger partial charge in [-0.15, -0.1) is 0 Å². The maximum Gasteiger partial charge on any atom is 1.00 e. The Morgan fingerprint density at radius 2 is 1.17 bits per heavy atom. The smallest absolute Gasteiger partial charge is 1.00 e. The van der Waals surface area contributed by atoms with Gasteiger partial charge in [0.15, 0.2) is 0 Å². The zero-order valence-corrected chi connectivity index (χ0v) is 3.42. The third-order valence-corrected chi connectivity index (χ3v) is 0. The zero-order chi connectivity index (χ0) is 3.58. The Hall–Kier alpha value is 0.502. The summed E-state index contributed by atoms with van der Waals surface area (Å²) < 4.78 is 0. The van der Waals surface area contributed by atoms with Gasteiger partial charge in [-0.25, -0.2) is 0 Å². The first kappa shape index (κ1) is 16.0. The Morgan fingerprint density at radius 3 is 1.17 bits per heavy atom. The Labute approximate surface area is 48.9 Å². The molecule has 0 bridgehead atoms. The molecule has 0 saturated carbocycles. The standard InChI is InChI=1S/BH3O3.Li.H2O.H/c2-1(3)4;;;/h2-4H;;1H2;/q;+1;;-1. The minimum absolute atomic E-state index is 0. The van der Waals surface area contributed by atoms with E-state index in [4.69, 9.17) is 15.1 Å². The van der Waals surface area contributed by atoms with Crippen LogP contribution in [0.25, 0.3) is 0 Å². The average Bonchev–Trinajstić information content (AvgIpc) is 0.811. The molecule has 0 unspecified atom stereocenters. The van der Waals surface area contributed by atoms with Crippen LogP contribution in [-0.2, 0) is 0 Å². The van der Waals surface area contributed by atoms with Crippen molar-refractivity contribution in [3.8, 4) is 0 Å². The molecule has 5 N–H and O–H groups in total. The van der Waals surface area contributed by atoms with Crippen molar-refractivity contribution in [2.75, 3.05) is 0 Å². The molecule has 0 amide bonds. The van der Waals surface area contributed by atoms with E-state index in [0.717, 1.165) is 0 Å². The van der Waals surface area contributed by atoms with E-state index in [1.54, 1.807) is 0 Å². The summed E-state index contributed by atoms with van der Waals surface area (Å²) in [6.07, 6.45) is 0. The van der Waals surface area contributed by atoms with Crippen LogP contribution in [0, 0.1) is 0 Å². The summed E-state index contributed by atoms with van der Waals surface area (Å²) in [4.78, 5) is 0. The van der Waals surface area contributed by atoms with Crippen molar-refractivity contribution in [3.05, 3.63) is 0 Å². The molecule has 0 spiro atoms. The summed E-state index contributed by atoms with van der Waals surface area (Å²) in [6, 6.07) is 0. The van der Waals surface area contributed by atoms with Crippen LogP contribution in [-0.4, -0.2) is 27.9 Å².